The number of hydrogen-bond donors (Lipinski definition) is 2. The average Bonchev–Trinajstić information content (AvgIpc) is 3.01. The number of carbonyl (C=O) groups excluding carboxylic acids is 1. The molecule has 0 aliphatic carbocycles. The molecule has 23 heavy (non-hydrogen) atoms. The molecule has 0 saturated carbocycles. The topological polar surface area (TPSA) is 69.2 Å². The largest absolute Gasteiger partial charge is 0.395 e. The molecule has 2 heterocycles. The molecule has 3 rings (SSSR count). The molecular formula is C18H19N3O2. The lowest BCUT2D eigenvalue weighted by Crippen LogP contribution is -2.33. The lowest BCUT2D eigenvalue weighted by Gasteiger charge is -2.21. The minimum atomic E-state index is -0.183. The van der Waals surface area contributed by atoms with Gasteiger partial charge in [0.15, 0.2) is 0 Å². The first-order chi connectivity index (χ1) is 11.2. The number of rotatable bonds is 5. The second-order valence-corrected chi connectivity index (χ2v) is 5.55. The van der Waals surface area contributed by atoms with Crippen molar-refractivity contribution in [2.45, 2.75) is 13.5 Å². The van der Waals surface area contributed by atoms with Crippen LogP contribution in [0.2, 0.25) is 0 Å². The summed E-state index contributed by atoms with van der Waals surface area (Å²) in [4.78, 5) is 21.7. The third-order valence-electron chi connectivity index (χ3n) is 3.74. The van der Waals surface area contributed by atoms with Gasteiger partial charge in [-0.15, -0.1) is 0 Å². The van der Waals surface area contributed by atoms with E-state index in [-0.39, 0.29) is 19.1 Å². The Hall–Kier alpha value is -2.66. The fourth-order valence-electron chi connectivity index (χ4n) is 2.62. The van der Waals surface area contributed by atoms with Gasteiger partial charge in [-0.05, 0) is 30.7 Å². The zero-order chi connectivity index (χ0) is 16.2. The summed E-state index contributed by atoms with van der Waals surface area (Å²) in [6, 6.07) is 13.5. The van der Waals surface area contributed by atoms with E-state index < -0.39 is 0 Å². The van der Waals surface area contributed by atoms with Crippen molar-refractivity contribution < 1.29 is 9.90 Å². The SMILES string of the molecule is Cc1cccc(CN(CCO)C(=O)c2ccc3cc[nH]c3n2)c1. The van der Waals surface area contributed by atoms with Gasteiger partial charge in [-0.25, -0.2) is 4.98 Å². The first kappa shape index (κ1) is 15.2. The zero-order valence-corrected chi connectivity index (χ0v) is 13.0. The Morgan fingerprint density at radius 3 is 2.91 bits per heavy atom. The first-order valence-electron chi connectivity index (χ1n) is 7.57. The number of hydrogen-bond acceptors (Lipinski definition) is 3. The summed E-state index contributed by atoms with van der Waals surface area (Å²) in [7, 11) is 0. The number of aliphatic hydroxyl groups is 1. The highest BCUT2D eigenvalue weighted by Gasteiger charge is 2.17. The van der Waals surface area contributed by atoms with Crippen LogP contribution in [0.5, 0.6) is 0 Å². The van der Waals surface area contributed by atoms with Gasteiger partial charge in [-0.2, -0.15) is 0 Å². The molecule has 5 heteroatoms. The van der Waals surface area contributed by atoms with Crippen molar-refractivity contribution in [2.24, 2.45) is 0 Å². The molecule has 2 N–H and O–H groups in total. The highest BCUT2D eigenvalue weighted by molar-refractivity contribution is 5.94. The quantitative estimate of drug-likeness (QED) is 0.761. The van der Waals surface area contributed by atoms with E-state index in [1.807, 2.05) is 43.3 Å². The molecule has 0 aliphatic heterocycles. The Morgan fingerprint density at radius 1 is 1.26 bits per heavy atom. The van der Waals surface area contributed by atoms with Crippen molar-refractivity contribution in [1.82, 2.24) is 14.9 Å². The number of nitrogens with zero attached hydrogens (tertiary/aromatic N) is 2. The number of aromatic amines is 1. The molecule has 0 aliphatic rings. The molecule has 1 amide bonds. The van der Waals surface area contributed by atoms with Crippen LogP contribution in [0.25, 0.3) is 11.0 Å². The maximum atomic E-state index is 12.7. The van der Waals surface area contributed by atoms with E-state index in [4.69, 9.17) is 0 Å². The molecule has 0 spiro atoms. The minimum Gasteiger partial charge on any atom is -0.395 e. The summed E-state index contributed by atoms with van der Waals surface area (Å²) in [5, 5.41) is 10.2. The fourth-order valence-corrected chi connectivity index (χ4v) is 2.62. The third kappa shape index (κ3) is 3.40. The van der Waals surface area contributed by atoms with Crippen LogP contribution in [-0.4, -0.2) is 39.0 Å². The lowest BCUT2D eigenvalue weighted by atomic mass is 10.1. The van der Waals surface area contributed by atoms with Crippen molar-refractivity contribution in [2.75, 3.05) is 13.2 Å². The number of aromatic nitrogens is 2. The number of H-pyrrole nitrogens is 1. The van der Waals surface area contributed by atoms with Crippen molar-refractivity contribution in [3.8, 4) is 0 Å². The number of pyridine rings is 1. The van der Waals surface area contributed by atoms with Gasteiger partial charge < -0.3 is 15.0 Å². The van der Waals surface area contributed by atoms with Gasteiger partial charge in [0.05, 0.1) is 6.61 Å². The molecule has 0 unspecified atom stereocenters. The predicted octanol–water partition coefficient (Wildman–Crippen LogP) is 2.51. The summed E-state index contributed by atoms with van der Waals surface area (Å²) in [6.45, 7) is 2.66. The highest BCUT2D eigenvalue weighted by Crippen LogP contribution is 2.14. The van der Waals surface area contributed by atoms with E-state index in [0.717, 1.165) is 16.5 Å². The van der Waals surface area contributed by atoms with Gasteiger partial charge in [-0.3, -0.25) is 4.79 Å². The minimum absolute atomic E-state index is 0.0810. The third-order valence-corrected chi connectivity index (χ3v) is 3.74. The maximum Gasteiger partial charge on any atom is 0.272 e. The van der Waals surface area contributed by atoms with Gasteiger partial charge in [0.2, 0.25) is 0 Å². The number of fused-ring (bicyclic) bond motifs is 1. The van der Waals surface area contributed by atoms with Crippen LogP contribution in [0, 0.1) is 6.92 Å². The maximum absolute atomic E-state index is 12.7. The Kier molecular flexibility index (Phi) is 4.39. The number of nitrogens with one attached hydrogen (secondary N) is 1. The van der Waals surface area contributed by atoms with Crippen LogP contribution in [0.15, 0.2) is 48.7 Å². The van der Waals surface area contributed by atoms with Crippen LogP contribution in [0.3, 0.4) is 0 Å². The van der Waals surface area contributed by atoms with Gasteiger partial charge in [-0.1, -0.05) is 29.8 Å². The van der Waals surface area contributed by atoms with E-state index >= 15 is 0 Å². The Bertz CT molecular complexity index is 826. The molecule has 0 radical (unpaired) electrons. The van der Waals surface area contributed by atoms with Crippen molar-refractivity contribution in [3.63, 3.8) is 0 Å². The summed E-state index contributed by atoms with van der Waals surface area (Å²) in [5.74, 6) is -0.183. The molecule has 0 fully saturated rings. The number of aliphatic hydroxyl groups excluding tert-OH is 1. The van der Waals surface area contributed by atoms with Crippen LogP contribution in [-0.2, 0) is 6.54 Å². The van der Waals surface area contributed by atoms with Gasteiger partial charge in [0.25, 0.3) is 5.91 Å². The Balaban J connectivity index is 1.85. The first-order valence-corrected chi connectivity index (χ1v) is 7.57. The Labute approximate surface area is 134 Å². The number of benzene rings is 1. The average molecular weight is 309 g/mol. The van der Waals surface area contributed by atoms with E-state index in [2.05, 4.69) is 9.97 Å². The molecule has 0 atom stereocenters. The van der Waals surface area contributed by atoms with E-state index in [9.17, 15) is 9.90 Å². The van der Waals surface area contributed by atoms with Crippen LogP contribution in [0.1, 0.15) is 21.6 Å². The van der Waals surface area contributed by atoms with Gasteiger partial charge in [0.1, 0.15) is 11.3 Å². The summed E-state index contributed by atoms with van der Waals surface area (Å²) < 4.78 is 0. The number of aryl methyl sites for hydroxylation is 1. The molecule has 0 saturated heterocycles. The molecule has 1 aromatic carbocycles. The van der Waals surface area contributed by atoms with Crippen LogP contribution >= 0.6 is 0 Å². The van der Waals surface area contributed by atoms with Crippen molar-refractivity contribution in [1.29, 1.82) is 0 Å². The lowest BCUT2D eigenvalue weighted by molar-refractivity contribution is 0.0702. The zero-order valence-electron chi connectivity index (χ0n) is 13.0. The monoisotopic (exact) mass is 309 g/mol. The summed E-state index contributed by atoms with van der Waals surface area (Å²) in [6.07, 6.45) is 1.80. The van der Waals surface area contributed by atoms with E-state index in [1.165, 1.54) is 0 Å². The summed E-state index contributed by atoms with van der Waals surface area (Å²) >= 11 is 0. The molecule has 118 valence electrons. The predicted molar refractivity (Wildman–Crippen MR) is 89.1 cm³/mol. The van der Waals surface area contributed by atoms with Gasteiger partial charge in [0, 0.05) is 24.7 Å². The summed E-state index contributed by atoms with van der Waals surface area (Å²) in [5.41, 5.74) is 3.24. The highest BCUT2D eigenvalue weighted by atomic mass is 16.3. The Morgan fingerprint density at radius 2 is 2.13 bits per heavy atom. The standard InChI is InChI=1S/C18H19N3O2/c1-13-3-2-4-14(11-13)12-21(9-10-22)18(23)16-6-5-15-7-8-19-17(15)20-16/h2-8,11,22H,9-10,12H2,1H3,(H,19,20). The smallest absolute Gasteiger partial charge is 0.272 e. The van der Waals surface area contributed by atoms with Gasteiger partial charge >= 0.3 is 0 Å². The van der Waals surface area contributed by atoms with Crippen LogP contribution in [0.4, 0.5) is 0 Å². The normalized spacial score (nSPS) is 10.9. The van der Waals surface area contributed by atoms with Crippen LogP contribution < -0.4 is 0 Å². The van der Waals surface area contributed by atoms with E-state index in [0.29, 0.717) is 17.9 Å². The van der Waals surface area contributed by atoms with Crippen molar-refractivity contribution in [3.05, 3.63) is 65.5 Å². The number of carbonyl (C=O) groups is 1. The number of amides is 1. The molecular weight excluding hydrogens is 290 g/mol. The second-order valence-electron chi connectivity index (χ2n) is 5.55. The van der Waals surface area contributed by atoms with E-state index in [1.54, 1.807) is 17.2 Å². The van der Waals surface area contributed by atoms with Crippen molar-refractivity contribution >= 4 is 16.9 Å². The molecule has 2 aromatic heterocycles. The second kappa shape index (κ2) is 6.62. The fraction of sp³-hybridized carbons (Fsp3) is 0.222. The molecule has 3 aromatic rings. The molecule has 0 bridgehead atoms. The molecule has 5 nitrogen and oxygen atoms in total.